The van der Waals surface area contributed by atoms with Gasteiger partial charge in [0.1, 0.15) is 5.70 Å². The Bertz CT molecular complexity index is 273. The van der Waals surface area contributed by atoms with Crippen molar-refractivity contribution in [3.05, 3.63) is 12.3 Å². The zero-order valence-corrected chi connectivity index (χ0v) is 9.12. The van der Waals surface area contributed by atoms with E-state index in [9.17, 15) is 9.59 Å². The van der Waals surface area contributed by atoms with Gasteiger partial charge in [-0.25, -0.2) is 4.79 Å². The molecule has 84 valence electrons. The molecule has 0 aliphatic carbocycles. The molecule has 0 atom stereocenters. The van der Waals surface area contributed by atoms with Crippen molar-refractivity contribution in [3.8, 4) is 0 Å². The van der Waals surface area contributed by atoms with Crippen molar-refractivity contribution >= 4 is 11.9 Å². The summed E-state index contributed by atoms with van der Waals surface area (Å²) >= 11 is 0. The topological polar surface area (TPSA) is 46.6 Å². The first-order valence-corrected chi connectivity index (χ1v) is 5.33. The van der Waals surface area contributed by atoms with Crippen molar-refractivity contribution in [1.29, 1.82) is 0 Å². The van der Waals surface area contributed by atoms with Gasteiger partial charge in [-0.3, -0.25) is 4.79 Å². The normalized spacial score (nSPS) is 17.1. The molecule has 1 aliphatic rings. The number of likely N-dealkylation sites (tertiary alicyclic amines) is 1. The van der Waals surface area contributed by atoms with E-state index >= 15 is 0 Å². The van der Waals surface area contributed by atoms with E-state index in [2.05, 4.69) is 6.58 Å². The van der Waals surface area contributed by atoms with Crippen LogP contribution in [0.2, 0.25) is 0 Å². The quantitative estimate of drug-likeness (QED) is 0.524. The van der Waals surface area contributed by atoms with E-state index in [1.807, 2.05) is 0 Å². The van der Waals surface area contributed by atoms with Crippen molar-refractivity contribution in [2.45, 2.75) is 32.6 Å². The Morgan fingerprint density at radius 1 is 1.47 bits per heavy atom. The Labute approximate surface area is 89.9 Å². The Hall–Kier alpha value is -1.32. The molecular formula is C11H17NO3. The highest BCUT2D eigenvalue weighted by atomic mass is 16.5. The molecular weight excluding hydrogens is 194 g/mol. The highest BCUT2D eigenvalue weighted by molar-refractivity contribution is 5.93. The number of nitrogens with zero attached hydrogens (tertiary/aromatic N) is 1. The largest absolute Gasteiger partial charge is 0.461 e. The molecule has 0 aromatic heterocycles. The standard InChI is InChI=1S/C11H17NO3/c1-3-15-11(14)9(2)12-8-6-4-5-7-10(12)13/h2-8H2,1H3. The van der Waals surface area contributed by atoms with Gasteiger partial charge in [-0.15, -0.1) is 0 Å². The van der Waals surface area contributed by atoms with Crippen molar-refractivity contribution in [1.82, 2.24) is 4.90 Å². The number of hydrogen-bond donors (Lipinski definition) is 0. The van der Waals surface area contributed by atoms with E-state index in [1.54, 1.807) is 6.92 Å². The van der Waals surface area contributed by atoms with Crippen molar-refractivity contribution in [2.75, 3.05) is 13.2 Å². The number of esters is 1. The number of hydrogen-bond acceptors (Lipinski definition) is 3. The third-order valence-corrected chi connectivity index (χ3v) is 2.41. The van der Waals surface area contributed by atoms with Gasteiger partial charge in [0.15, 0.2) is 0 Å². The summed E-state index contributed by atoms with van der Waals surface area (Å²) in [5, 5.41) is 0. The third-order valence-electron chi connectivity index (χ3n) is 2.41. The lowest BCUT2D eigenvalue weighted by atomic mass is 10.2. The first-order chi connectivity index (χ1) is 7.16. The molecule has 0 aromatic carbocycles. The van der Waals surface area contributed by atoms with E-state index in [-0.39, 0.29) is 11.6 Å². The highest BCUT2D eigenvalue weighted by Gasteiger charge is 2.23. The lowest BCUT2D eigenvalue weighted by Crippen LogP contribution is -2.33. The summed E-state index contributed by atoms with van der Waals surface area (Å²) in [6.07, 6.45) is 3.34. The number of carbonyl (C=O) groups excluding carboxylic acids is 2. The smallest absolute Gasteiger partial charge is 0.354 e. The van der Waals surface area contributed by atoms with Gasteiger partial charge in [-0.05, 0) is 19.8 Å². The van der Waals surface area contributed by atoms with Gasteiger partial charge in [0.05, 0.1) is 6.61 Å². The zero-order chi connectivity index (χ0) is 11.3. The Balaban J connectivity index is 2.63. The molecule has 4 nitrogen and oxygen atoms in total. The molecule has 0 N–H and O–H groups in total. The number of carbonyl (C=O) groups is 2. The maximum absolute atomic E-state index is 11.6. The summed E-state index contributed by atoms with van der Waals surface area (Å²) in [7, 11) is 0. The van der Waals surface area contributed by atoms with Crippen LogP contribution in [0.5, 0.6) is 0 Å². The monoisotopic (exact) mass is 211 g/mol. The molecule has 4 heteroatoms. The number of rotatable bonds is 3. The second-order valence-corrected chi connectivity index (χ2v) is 3.52. The summed E-state index contributed by atoms with van der Waals surface area (Å²) < 4.78 is 4.81. The molecule has 0 unspecified atom stereocenters. The van der Waals surface area contributed by atoms with E-state index < -0.39 is 5.97 Å². The van der Waals surface area contributed by atoms with Crippen LogP contribution in [-0.2, 0) is 14.3 Å². The lowest BCUT2D eigenvalue weighted by molar-refractivity contribution is -0.143. The maximum atomic E-state index is 11.6. The minimum atomic E-state index is -0.493. The molecule has 1 fully saturated rings. The lowest BCUT2D eigenvalue weighted by Gasteiger charge is -2.21. The van der Waals surface area contributed by atoms with Crippen molar-refractivity contribution in [2.24, 2.45) is 0 Å². The summed E-state index contributed by atoms with van der Waals surface area (Å²) in [5.74, 6) is -0.515. The van der Waals surface area contributed by atoms with Crippen LogP contribution in [0.4, 0.5) is 0 Å². The molecule has 0 radical (unpaired) electrons. The van der Waals surface area contributed by atoms with Gasteiger partial charge in [0.25, 0.3) is 0 Å². The summed E-state index contributed by atoms with van der Waals surface area (Å²) in [6, 6.07) is 0. The van der Waals surface area contributed by atoms with E-state index in [0.29, 0.717) is 19.6 Å². The summed E-state index contributed by atoms with van der Waals surface area (Å²) in [4.78, 5) is 24.5. The second kappa shape index (κ2) is 5.53. The first kappa shape index (κ1) is 11.8. The van der Waals surface area contributed by atoms with Gasteiger partial charge >= 0.3 is 5.97 Å². The molecule has 0 saturated carbocycles. The number of ether oxygens (including phenoxy) is 1. The molecule has 1 heterocycles. The molecule has 0 spiro atoms. The maximum Gasteiger partial charge on any atom is 0.354 e. The minimum absolute atomic E-state index is 0.0226. The molecule has 15 heavy (non-hydrogen) atoms. The highest BCUT2D eigenvalue weighted by Crippen LogP contribution is 2.15. The second-order valence-electron chi connectivity index (χ2n) is 3.52. The van der Waals surface area contributed by atoms with E-state index in [4.69, 9.17) is 4.74 Å². The van der Waals surface area contributed by atoms with E-state index in [1.165, 1.54) is 4.90 Å². The summed E-state index contributed by atoms with van der Waals surface area (Å²) in [6.45, 7) is 6.24. The van der Waals surface area contributed by atoms with Gasteiger partial charge in [0.2, 0.25) is 5.91 Å². The van der Waals surface area contributed by atoms with E-state index in [0.717, 1.165) is 19.3 Å². The third kappa shape index (κ3) is 3.08. The average molecular weight is 211 g/mol. The average Bonchev–Trinajstić information content (AvgIpc) is 2.42. The predicted octanol–water partition coefficient (Wildman–Crippen LogP) is 1.47. The van der Waals surface area contributed by atoms with Crippen LogP contribution in [0.3, 0.4) is 0 Å². The van der Waals surface area contributed by atoms with Gasteiger partial charge < -0.3 is 9.64 Å². The predicted molar refractivity (Wildman–Crippen MR) is 56.0 cm³/mol. The van der Waals surface area contributed by atoms with Crippen LogP contribution < -0.4 is 0 Å². The fourth-order valence-electron chi connectivity index (χ4n) is 1.59. The van der Waals surface area contributed by atoms with Gasteiger partial charge in [-0.1, -0.05) is 13.0 Å². The van der Waals surface area contributed by atoms with Crippen LogP contribution in [0.1, 0.15) is 32.6 Å². The number of amides is 1. The fourth-order valence-corrected chi connectivity index (χ4v) is 1.59. The van der Waals surface area contributed by atoms with Crippen LogP contribution >= 0.6 is 0 Å². The molecule has 1 aliphatic heterocycles. The Kier molecular flexibility index (Phi) is 4.34. The minimum Gasteiger partial charge on any atom is -0.461 e. The zero-order valence-electron chi connectivity index (χ0n) is 9.12. The summed E-state index contributed by atoms with van der Waals surface area (Å²) in [5.41, 5.74) is 0.170. The Morgan fingerprint density at radius 2 is 2.20 bits per heavy atom. The van der Waals surface area contributed by atoms with Crippen molar-refractivity contribution in [3.63, 3.8) is 0 Å². The first-order valence-electron chi connectivity index (χ1n) is 5.33. The molecule has 0 bridgehead atoms. The fraction of sp³-hybridized carbons (Fsp3) is 0.636. The van der Waals surface area contributed by atoms with Gasteiger partial charge in [-0.2, -0.15) is 0 Å². The molecule has 0 aromatic rings. The van der Waals surface area contributed by atoms with Crippen LogP contribution in [0, 0.1) is 0 Å². The SMILES string of the molecule is C=C(C(=O)OCC)N1CCCCCC1=O. The van der Waals surface area contributed by atoms with Crippen LogP contribution in [-0.4, -0.2) is 29.9 Å². The van der Waals surface area contributed by atoms with Crippen molar-refractivity contribution < 1.29 is 14.3 Å². The van der Waals surface area contributed by atoms with Crippen LogP contribution in [0.15, 0.2) is 12.3 Å². The molecule has 1 rings (SSSR count). The van der Waals surface area contributed by atoms with Crippen LogP contribution in [0.25, 0.3) is 0 Å². The molecule has 1 amide bonds. The Morgan fingerprint density at radius 3 is 2.87 bits per heavy atom. The molecule has 1 saturated heterocycles. The van der Waals surface area contributed by atoms with Gasteiger partial charge in [0, 0.05) is 13.0 Å².